The van der Waals surface area contributed by atoms with E-state index in [1.54, 1.807) is 6.20 Å². The van der Waals surface area contributed by atoms with Gasteiger partial charge in [-0.3, -0.25) is 0 Å². The Morgan fingerprint density at radius 1 is 1.31 bits per heavy atom. The molecule has 1 aliphatic rings. The smallest absolute Gasteiger partial charge is 0.223 e. The summed E-state index contributed by atoms with van der Waals surface area (Å²) in [6, 6.07) is 8.07. The molecule has 3 heterocycles. The molecule has 0 amide bonds. The molecule has 4 rings (SSSR count). The summed E-state index contributed by atoms with van der Waals surface area (Å²) < 4.78 is 0. The van der Waals surface area contributed by atoms with E-state index in [0.29, 0.717) is 5.95 Å². The van der Waals surface area contributed by atoms with E-state index in [1.165, 1.54) is 0 Å². The lowest BCUT2D eigenvalue weighted by Crippen LogP contribution is -2.48. The van der Waals surface area contributed by atoms with E-state index >= 15 is 0 Å². The Balaban J connectivity index is 1.63. The third-order valence-corrected chi connectivity index (χ3v) is 4.78. The minimum atomic E-state index is 0.0129. The van der Waals surface area contributed by atoms with Crippen molar-refractivity contribution in [2.24, 2.45) is 0 Å². The van der Waals surface area contributed by atoms with Gasteiger partial charge in [-0.1, -0.05) is 18.7 Å². The van der Waals surface area contributed by atoms with Gasteiger partial charge in [0.15, 0.2) is 0 Å². The average molecular weight is 348 g/mol. The van der Waals surface area contributed by atoms with Crippen molar-refractivity contribution >= 4 is 22.5 Å². The van der Waals surface area contributed by atoms with Crippen molar-refractivity contribution < 1.29 is 0 Å². The number of aromatic nitrogens is 3. The van der Waals surface area contributed by atoms with Gasteiger partial charge in [-0.05, 0) is 32.4 Å². The fourth-order valence-electron chi connectivity index (χ4n) is 3.82. The normalized spacial score (nSPS) is 19.3. The number of nitrogens with zero attached hydrogens (tertiary/aromatic N) is 2. The average Bonchev–Trinajstić information content (AvgIpc) is 2.98. The SMILES string of the molecule is C=C1CC(Nc2nccc(-c3c[nH]c4c(N)cccc34)n2)CC(C)(C)N1. The van der Waals surface area contributed by atoms with Gasteiger partial charge in [-0.15, -0.1) is 0 Å². The Morgan fingerprint density at radius 2 is 2.15 bits per heavy atom. The minimum absolute atomic E-state index is 0.0129. The van der Waals surface area contributed by atoms with Gasteiger partial charge in [0, 0.05) is 47.0 Å². The van der Waals surface area contributed by atoms with Crippen LogP contribution in [-0.2, 0) is 0 Å². The third-order valence-electron chi connectivity index (χ3n) is 4.78. The molecule has 6 nitrogen and oxygen atoms in total. The first-order valence-corrected chi connectivity index (χ1v) is 8.83. The van der Waals surface area contributed by atoms with E-state index in [9.17, 15) is 0 Å². The third kappa shape index (κ3) is 3.10. The monoisotopic (exact) mass is 348 g/mol. The number of piperidine rings is 1. The maximum absolute atomic E-state index is 6.05. The second-order valence-corrected chi connectivity index (χ2v) is 7.60. The first-order chi connectivity index (χ1) is 12.4. The first kappa shape index (κ1) is 16.4. The molecule has 1 aromatic carbocycles. The van der Waals surface area contributed by atoms with Crippen molar-refractivity contribution in [3.8, 4) is 11.3 Å². The molecule has 0 bridgehead atoms. The van der Waals surface area contributed by atoms with Gasteiger partial charge >= 0.3 is 0 Å². The maximum Gasteiger partial charge on any atom is 0.223 e. The molecule has 0 saturated carbocycles. The molecule has 1 atom stereocenters. The second kappa shape index (κ2) is 6.05. The summed E-state index contributed by atoms with van der Waals surface area (Å²) in [7, 11) is 0. The van der Waals surface area contributed by atoms with Crippen LogP contribution in [0.4, 0.5) is 11.6 Å². The molecule has 3 aromatic rings. The molecule has 0 aliphatic carbocycles. The molecule has 26 heavy (non-hydrogen) atoms. The minimum Gasteiger partial charge on any atom is -0.397 e. The van der Waals surface area contributed by atoms with E-state index in [4.69, 9.17) is 10.7 Å². The zero-order chi connectivity index (χ0) is 18.3. The highest BCUT2D eigenvalue weighted by Gasteiger charge is 2.29. The fourth-order valence-corrected chi connectivity index (χ4v) is 3.82. The van der Waals surface area contributed by atoms with Gasteiger partial charge in [-0.2, -0.15) is 0 Å². The zero-order valence-electron chi connectivity index (χ0n) is 15.1. The molecule has 1 saturated heterocycles. The molecule has 1 aliphatic heterocycles. The van der Waals surface area contributed by atoms with Gasteiger partial charge < -0.3 is 21.4 Å². The van der Waals surface area contributed by atoms with Crippen molar-refractivity contribution in [2.75, 3.05) is 11.1 Å². The molecule has 0 spiro atoms. The van der Waals surface area contributed by atoms with E-state index in [-0.39, 0.29) is 11.6 Å². The standard InChI is InChI=1S/C20H24N6/c1-12-9-13(10-20(2,3)26-12)24-19-22-8-7-17(25-19)15-11-23-18-14(15)5-4-6-16(18)21/h4-8,11,13,23,26H,1,9-10,21H2,2-3H3,(H,22,24,25). The second-order valence-electron chi connectivity index (χ2n) is 7.60. The number of nitrogens with two attached hydrogens (primary N) is 1. The van der Waals surface area contributed by atoms with Crippen molar-refractivity contribution in [3.05, 3.63) is 48.9 Å². The van der Waals surface area contributed by atoms with Gasteiger partial charge in [0.05, 0.1) is 16.9 Å². The van der Waals surface area contributed by atoms with E-state index < -0.39 is 0 Å². The van der Waals surface area contributed by atoms with Crippen LogP contribution in [0.25, 0.3) is 22.2 Å². The van der Waals surface area contributed by atoms with Crippen molar-refractivity contribution in [1.82, 2.24) is 20.3 Å². The van der Waals surface area contributed by atoms with Gasteiger partial charge in [0.25, 0.3) is 0 Å². The largest absolute Gasteiger partial charge is 0.397 e. The van der Waals surface area contributed by atoms with E-state index in [0.717, 1.165) is 46.4 Å². The van der Waals surface area contributed by atoms with Crippen molar-refractivity contribution in [2.45, 2.75) is 38.3 Å². The number of fused-ring (bicyclic) bond motifs is 1. The predicted octanol–water partition coefficient (Wildman–Crippen LogP) is 3.66. The van der Waals surface area contributed by atoms with Gasteiger partial charge in [0.1, 0.15) is 0 Å². The topological polar surface area (TPSA) is 91.7 Å². The Bertz CT molecular complexity index is 971. The first-order valence-electron chi connectivity index (χ1n) is 8.83. The number of para-hydroxylation sites is 1. The zero-order valence-corrected chi connectivity index (χ0v) is 15.1. The molecule has 6 heteroatoms. The molecule has 1 fully saturated rings. The Hall–Kier alpha value is -3.02. The van der Waals surface area contributed by atoms with Crippen LogP contribution in [0.1, 0.15) is 26.7 Å². The Labute approximate surface area is 152 Å². The Morgan fingerprint density at radius 3 is 2.96 bits per heavy atom. The molecule has 2 aromatic heterocycles. The number of aromatic amines is 1. The summed E-state index contributed by atoms with van der Waals surface area (Å²) in [5, 5.41) is 7.97. The highest BCUT2D eigenvalue weighted by Crippen LogP contribution is 2.31. The summed E-state index contributed by atoms with van der Waals surface area (Å²) in [5.74, 6) is 0.635. The van der Waals surface area contributed by atoms with Crippen LogP contribution < -0.4 is 16.4 Å². The van der Waals surface area contributed by atoms with E-state index in [1.807, 2.05) is 30.5 Å². The molecule has 5 N–H and O–H groups in total. The number of benzene rings is 1. The number of H-pyrrole nitrogens is 1. The highest BCUT2D eigenvalue weighted by molar-refractivity contribution is 6.00. The molecule has 0 radical (unpaired) electrons. The summed E-state index contributed by atoms with van der Waals surface area (Å²) in [5.41, 5.74) is 10.7. The Kier molecular flexibility index (Phi) is 3.83. The van der Waals surface area contributed by atoms with Crippen LogP contribution in [0.3, 0.4) is 0 Å². The van der Waals surface area contributed by atoms with Crippen LogP contribution in [0.15, 0.2) is 48.9 Å². The van der Waals surface area contributed by atoms with Crippen LogP contribution in [-0.4, -0.2) is 26.5 Å². The number of rotatable bonds is 3. The predicted molar refractivity (Wildman–Crippen MR) is 107 cm³/mol. The lowest BCUT2D eigenvalue weighted by atomic mass is 9.88. The van der Waals surface area contributed by atoms with Crippen LogP contribution >= 0.6 is 0 Å². The van der Waals surface area contributed by atoms with Crippen LogP contribution in [0, 0.1) is 0 Å². The summed E-state index contributed by atoms with van der Waals surface area (Å²) in [4.78, 5) is 12.4. The maximum atomic E-state index is 6.05. The molecule has 134 valence electrons. The lowest BCUT2D eigenvalue weighted by Gasteiger charge is -2.38. The number of hydrogen-bond donors (Lipinski definition) is 4. The van der Waals surface area contributed by atoms with Crippen LogP contribution in [0.5, 0.6) is 0 Å². The summed E-state index contributed by atoms with van der Waals surface area (Å²) in [6.07, 6.45) is 5.57. The molecule has 1 unspecified atom stereocenters. The van der Waals surface area contributed by atoms with Crippen molar-refractivity contribution in [3.63, 3.8) is 0 Å². The highest BCUT2D eigenvalue weighted by atomic mass is 15.1. The number of hydrogen-bond acceptors (Lipinski definition) is 5. The van der Waals surface area contributed by atoms with Gasteiger partial charge in [0.2, 0.25) is 5.95 Å². The number of nitrogens with one attached hydrogen (secondary N) is 3. The number of anilines is 2. The van der Waals surface area contributed by atoms with Crippen LogP contribution in [0.2, 0.25) is 0 Å². The molecular formula is C20H24N6. The van der Waals surface area contributed by atoms with Crippen molar-refractivity contribution in [1.29, 1.82) is 0 Å². The fraction of sp³-hybridized carbons (Fsp3) is 0.300. The quantitative estimate of drug-likeness (QED) is 0.542. The summed E-state index contributed by atoms with van der Waals surface area (Å²) in [6.45, 7) is 8.45. The lowest BCUT2D eigenvalue weighted by molar-refractivity contribution is 0.324. The summed E-state index contributed by atoms with van der Waals surface area (Å²) >= 11 is 0. The van der Waals surface area contributed by atoms with Gasteiger partial charge in [-0.25, -0.2) is 9.97 Å². The molecular weight excluding hydrogens is 324 g/mol. The number of nitrogen functional groups attached to an aromatic ring is 1. The van der Waals surface area contributed by atoms with E-state index in [2.05, 4.69) is 41.0 Å².